The van der Waals surface area contributed by atoms with E-state index >= 15 is 0 Å². The fourth-order valence-electron chi connectivity index (χ4n) is 1.91. The summed E-state index contributed by atoms with van der Waals surface area (Å²) in [6.07, 6.45) is 5.62. The number of hydrogen-bond donors (Lipinski definition) is 2. The zero-order valence-corrected chi connectivity index (χ0v) is 11.4. The number of hydrogen-bond acceptors (Lipinski definition) is 4. The minimum Gasteiger partial charge on any atom is -0.339 e. The average molecular weight is 273 g/mol. The van der Waals surface area contributed by atoms with Crippen molar-refractivity contribution in [1.29, 1.82) is 0 Å². The fraction of sp³-hybridized carbons (Fsp3) is 0.231. The number of aromatic amines is 1. The molecule has 3 heterocycles. The molecule has 0 aromatic carbocycles. The van der Waals surface area contributed by atoms with Crippen LogP contribution in [0.5, 0.6) is 0 Å². The maximum Gasteiger partial charge on any atom is 0.171 e. The third-order valence-electron chi connectivity index (χ3n) is 2.80. The van der Waals surface area contributed by atoms with Crippen molar-refractivity contribution in [1.82, 2.24) is 24.7 Å². The molecule has 0 unspecified atom stereocenters. The molecular formula is C13H15N5S. The molecule has 19 heavy (non-hydrogen) atoms. The van der Waals surface area contributed by atoms with E-state index in [0.717, 1.165) is 28.9 Å². The average Bonchev–Trinajstić information content (AvgIpc) is 3.04. The Kier molecular flexibility index (Phi) is 3.52. The number of imidazole rings is 2. The normalized spacial score (nSPS) is 11.2. The number of aromatic nitrogens is 4. The Bertz CT molecular complexity index is 659. The summed E-state index contributed by atoms with van der Waals surface area (Å²) in [6.45, 7) is 3.83. The summed E-state index contributed by atoms with van der Waals surface area (Å²) in [7, 11) is 0. The number of rotatable bonds is 5. The van der Waals surface area contributed by atoms with Crippen LogP contribution in [0, 0.1) is 0 Å². The van der Waals surface area contributed by atoms with Gasteiger partial charge in [-0.15, -0.1) is 0 Å². The molecule has 3 aromatic rings. The van der Waals surface area contributed by atoms with Gasteiger partial charge in [0.1, 0.15) is 10.7 Å². The quantitative estimate of drug-likeness (QED) is 0.749. The van der Waals surface area contributed by atoms with Gasteiger partial charge in [-0.2, -0.15) is 0 Å². The first kappa shape index (κ1) is 12.3. The van der Waals surface area contributed by atoms with E-state index in [1.165, 1.54) is 5.69 Å². The summed E-state index contributed by atoms with van der Waals surface area (Å²) >= 11 is 1.56. The molecule has 3 rings (SSSR count). The second kappa shape index (κ2) is 5.46. The van der Waals surface area contributed by atoms with E-state index in [4.69, 9.17) is 0 Å². The highest BCUT2D eigenvalue weighted by molar-refractivity contribution is 7.99. The SMILES string of the molecule is CCNCc1c(Sc2ncc[nH]2)nc2ccccn12. The molecule has 0 saturated carbocycles. The molecule has 0 amide bonds. The predicted molar refractivity (Wildman–Crippen MR) is 75.3 cm³/mol. The minimum atomic E-state index is 0.796. The van der Waals surface area contributed by atoms with Crippen molar-refractivity contribution in [2.45, 2.75) is 23.7 Å². The molecule has 0 aliphatic rings. The lowest BCUT2D eigenvalue weighted by Gasteiger charge is -2.04. The van der Waals surface area contributed by atoms with Gasteiger partial charge in [0.15, 0.2) is 5.16 Å². The molecule has 98 valence electrons. The third-order valence-corrected chi connectivity index (χ3v) is 3.74. The van der Waals surface area contributed by atoms with Gasteiger partial charge in [-0.1, -0.05) is 13.0 Å². The summed E-state index contributed by atoms with van der Waals surface area (Å²) in [5.74, 6) is 0. The number of fused-ring (bicyclic) bond motifs is 1. The first-order valence-electron chi connectivity index (χ1n) is 6.22. The summed E-state index contributed by atoms with van der Waals surface area (Å²) in [5, 5.41) is 5.21. The van der Waals surface area contributed by atoms with E-state index in [9.17, 15) is 0 Å². The largest absolute Gasteiger partial charge is 0.339 e. The van der Waals surface area contributed by atoms with Crippen LogP contribution < -0.4 is 5.32 Å². The molecule has 5 nitrogen and oxygen atoms in total. The lowest BCUT2D eigenvalue weighted by molar-refractivity contribution is 0.694. The second-order valence-electron chi connectivity index (χ2n) is 4.07. The van der Waals surface area contributed by atoms with Gasteiger partial charge in [-0.25, -0.2) is 9.97 Å². The van der Waals surface area contributed by atoms with Crippen molar-refractivity contribution in [3.63, 3.8) is 0 Å². The zero-order chi connectivity index (χ0) is 13.1. The van der Waals surface area contributed by atoms with E-state index in [1.807, 2.05) is 30.6 Å². The molecule has 0 spiro atoms. The van der Waals surface area contributed by atoms with E-state index < -0.39 is 0 Å². The molecule has 0 atom stereocenters. The van der Waals surface area contributed by atoms with Gasteiger partial charge in [0.05, 0.1) is 5.69 Å². The topological polar surface area (TPSA) is 58.0 Å². The predicted octanol–water partition coefficient (Wildman–Crippen LogP) is 2.32. The Morgan fingerprint density at radius 1 is 1.42 bits per heavy atom. The van der Waals surface area contributed by atoms with E-state index in [0.29, 0.717) is 0 Å². The van der Waals surface area contributed by atoms with Crippen LogP contribution in [0.15, 0.2) is 47.0 Å². The second-order valence-corrected chi connectivity index (χ2v) is 5.05. The van der Waals surface area contributed by atoms with Crippen molar-refractivity contribution in [2.24, 2.45) is 0 Å². The maximum atomic E-state index is 4.67. The lowest BCUT2D eigenvalue weighted by Crippen LogP contribution is -2.14. The Morgan fingerprint density at radius 2 is 2.37 bits per heavy atom. The molecule has 0 fully saturated rings. The van der Waals surface area contributed by atoms with Crippen LogP contribution in [0.1, 0.15) is 12.6 Å². The number of pyridine rings is 1. The molecule has 6 heteroatoms. The van der Waals surface area contributed by atoms with Crippen LogP contribution >= 0.6 is 11.8 Å². The van der Waals surface area contributed by atoms with Gasteiger partial charge in [-0.3, -0.25) is 0 Å². The highest BCUT2D eigenvalue weighted by Crippen LogP contribution is 2.28. The van der Waals surface area contributed by atoms with E-state index in [2.05, 4.69) is 31.6 Å². The summed E-state index contributed by atoms with van der Waals surface area (Å²) in [6, 6.07) is 6.04. The molecular weight excluding hydrogens is 258 g/mol. The molecule has 0 bridgehead atoms. The Labute approximate surface area is 115 Å². The van der Waals surface area contributed by atoms with Gasteiger partial charge < -0.3 is 14.7 Å². The summed E-state index contributed by atoms with van der Waals surface area (Å²) < 4.78 is 2.12. The molecule has 0 saturated heterocycles. The van der Waals surface area contributed by atoms with Gasteiger partial charge in [0.25, 0.3) is 0 Å². The zero-order valence-electron chi connectivity index (χ0n) is 10.6. The van der Waals surface area contributed by atoms with Gasteiger partial charge >= 0.3 is 0 Å². The highest BCUT2D eigenvalue weighted by atomic mass is 32.2. The van der Waals surface area contributed by atoms with Crippen molar-refractivity contribution < 1.29 is 0 Å². The minimum absolute atomic E-state index is 0.796. The molecule has 0 radical (unpaired) electrons. The Hall–Kier alpha value is -1.79. The molecule has 0 aliphatic heterocycles. The van der Waals surface area contributed by atoms with E-state index in [-0.39, 0.29) is 0 Å². The van der Waals surface area contributed by atoms with Crippen molar-refractivity contribution >= 4 is 17.4 Å². The third kappa shape index (κ3) is 2.50. The van der Waals surface area contributed by atoms with Crippen LogP contribution in [0.4, 0.5) is 0 Å². The summed E-state index contributed by atoms with van der Waals surface area (Å²) in [4.78, 5) is 12.0. The fourth-order valence-corrected chi connectivity index (χ4v) is 2.76. The standard InChI is InChI=1S/C13H15N5S/c1-2-14-9-10-12(19-13-15-6-7-16-13)17-11-5-3-4-8-18(10)11/h3-8,14H,2,9H2,1H3,(H,15,16). The Morgan fingerprint density at radius 3 is 3.16 bits per heavy atom. The van der Waals surface area contributed by atoms with Crippen molar-refractivity contribution in [3.8, 4) is 0 Å². The number of nitrogens with zero attached hydrogens (tertiary/aromatic N) is 3. The van der Waals surface area contributed by atoms with Crippen LogP contribution in [-0.4, -0.2) is 25.9 Å². The molecule has 3 aromatic heterocycles. The first-order valence-corrected chi connectivity index (χ1v) is 7.04. The number of nitrogens with one attached hydrogen (secondary N) is 2. The van der Waals surface area contributed by atoms with E-state index in [1.54, 1.807) is 18.0 Å². The first-order chi connectivity index (χ1) is 9.38. The smallest absolute Gasteiger partial charge is 0.171 e. The van der Waals surface area contributed by atoms with Crippen molar-refractivity contribution in [3.05, 3.63) is 42.5 Å². The van der Waals surface area contributed by atoms with Gasteiger partial charge in [0, 0.05) is 25.1 Å². The lowest BCUT2D eigenvalue weighted by atomic mass is 10.4. The van der Waals surface area contributed by atoms with Crippen molar-refractivity contribution in [2.75, 3.05) is 6.54 Å². The monoisotopic (exact) mass is 273 g/mol. The van der Waals surface area contributed by atoms with Gasteiger partial charge in [0.2, 0.25) is 0 Å². The Balaban J connectivity index is 2.01. The molecule has 0 aliphatic carbocycles. The van der Waals surface area contributed by atoms with Crippen LogP contribution in [0.2, 0.25) is 0 Å². The van der Waals surface area contributed by atoms with Crippen LogP contribution in [0.3, 0.4) is 0 Å². The number of H-pyrrole nitrogens is 1. The maximum absolute atomic E-state index is 4.67. The summed E-state index contributed by atoms with van der Waals surface area (Å²) in [5.41, 5.74) is 2.13. The van der Waals surface area contributed by atoms with Crippen LogP contribution in [-0.2, 0) is 6.54 Å². The van der Waals surface area contributed by atoms with Gasteiger partial charge in [-0.05, 0) is 30.4 Å². The molecule has 2 N–H and O–H groups in total. The highest BCUT2D eigenvalue weighted by Gasteiger charge is 2.13. The van der Waals surface area contributed by atoms with Crippen LogP contribution in [0.25, 0.3) is 5.65 Å².